The molecule has 0 aromatic carbocycles. The summed E-state index contributed by atoms with van der Waals surface area (Å²) in [5.41, 5.74) is 0.474. The maximum absolute atomic E-state index is 12.0. The third-order valence-corrected chi connectivity index (χ3v) is 3.46. The van der Waals surface area contributed by atoms with E-state index in [-0.39, 0.29) is 11.9 Å². The highest BCUT2D eigenvalue weighted by atomic mass is 16.5. The van der Waals surface area contributed by atoms with Crippen molar-refractivity contribution in [2.75, 3.05) is 39.9 Å². The smallest absolute Gasteiger partial charge is 0.271 e. The molecule has 1 aromatic heterocycles. The second-order valence-corrected chi connectivity index (χ2v) is 5.69. The fraction of sp³-hybridized carbons (Fsp3) is 0.714. The van der Waals surface area contributed by atoms with Gasteiger partial charge in [-0.15, -0.1) is 0 Å². The third kappa shape index (κ3) is 4.05. The minimum atomic E-state index is -0.115. The molecule has 0 saturated carbocycles. The Labute approximate surface area is 120 Å². The van der Waals surface area contributed by atoms with Gasteiger partial charge in [0, 0.05) is 37.8 Å². The molecule has 2 heterocycles. The van der Waals surface area contributed by atoms with Gasteiger partial charge in [-0.3, -0.25) is 9.48 Å². The summed E-state index contributed by atoms with van der Waals surface area (Å²) in [4.78, 5) is 14.3. The number of nitrogens with zero attached hydrogens (tertiary/aromatic N) is 3. The van der Waals surface area contributed by atoms with Crippen LogP contribution in [0.15, 0.2) is 12.3 Å². The average molecular weight is 280 g/mol. The van der Waals surface area contributed by atoms with Crippen LogP contribution in [0.4, 0.5) is 0 Å². The number of ether oxygens (including phenoxy) is 1. The molecule has 1 aliphatic heterocycles. The zero-order chi connectivity index (χ0) is 14.5. The first kappa shape index (κ1) is 15.0. The maximum Gasteiger partial charge on any atom is 0.271 e. The minimum absolute atomic E-state index is 0.115. The van der Waals surface area contributed by atoms with Gasteiger partial charge in [0.2, 0.25) is 0 Å². The standard InChI is InChI=1S/C14H24N4O2/c1-11(2)18-5-4-13(16-18)14(19)15-8-12-9-17(3)6-7-20-10-12/h4-5,11-12H,6-10H2,1-3H3,(H,15,19). The molecule has 1 aromatic rings. The number of amides is 1. The van der Waals surface area contributed by atoms with Gasteiger partial charge in [0.25, 0.3) is 5.91 Å². The molecule has 0 spiro atoms. The van der Waals surface area contributed by atoms with Gasteiger partial charge in [-0.2, -0.15) is 5.10 Å². The van der Waals surface area contributed by atoms with E-state index in [1.807, 2.05) is 20.0 Å². The van der Waals surface area contributed by atoms with Crippen LogP contribution in [0.5, 0.6) is 0 Å². The number of likely N-dealkylation sites (N-methyl/N-ethyl adjacent to an activating group) is 1. The molecule has 20 heavy (non-hydrogen) atoms. The van der Waals surface area contributed by atoms with Gasteiger partial charge in [-0.05, 0) is 27.0 Å². The van der Waals surface area contributed by atoms with E-state index in [1.54, 1.807) is 10.7 Å². The van der Waals surface area contributed by atoms with Gasteiger partial charge in [0.05, 0.1) is 13.2 Å². The molecule has 1 fully saturated rings. The van der Waals surface area contributed by atoms with Crippen LogP contribution < -0.4 is 5.32 Å². The highest BCUT2D eigenvalue weighted by Gasteiger charge is 2.18. The second kappa shape index (κ2) is 6.85. The van der Waals surface area contributed by atoms with Crippen LogP contribution >= 0.6 is 0 Å². The zero-order valence-corrected chi connectivity index (χ0v) is 12.5. The van der Waals surface area contributed by atoms with Crippen LogP contribution in [0, 0.1) is 5.92 Å². The van der Waals surface area contributed by atoms with Gasteiger partial charge in [-0.1, -0.05) is 0 Å². The van der Waals surface area contributed by atoms with Crippen LogP contribution in [0.2, 0.25) is 0 Å². The molecule has 6 nitrogen and oxygen atoms in total. The predicted octanol–water partition coefficient (Wildman–Crippen LogP) is 0.772. The Morgan fingerprint density at radius 2 is 2.40 bits per heavy atom. The minimum Gasteiger partial charge on any atom is -0.380 e. The molecule has 1 aliphatic rings. The maximum atomic E-state index is 12.0. The molecule has 0 aliphatic carbocycles. The van der Waals surface area contributed by atoms with E-state index in [4.69, 9.17) is 4.74 Å². The molecule has 2 rings (SSSR count). The first-order valence-corrected chi connectivity index (χ1v) is 7.16. The molecule has 1 unspecified atom stereocenters. The Morgan fingerprint density at radius 3 is 3.10 bits per heavy atom. The molecular weight excluding hydrogens is 256 g/mol. The van der Waals surface area contributed by atoms with Crippen molar-refractivity contribution in [1.29, 1.82) is 0 Å². The van der Waals surface area contributed by atoms with Gasteiger partial charge in [-0.25, -0.2) is 0 Å². The Bertz CT molecular complexity index is 444. The van der Waals surface area contributed by atoms with Crippen molar-refractivity contribution in [2.45, 2.75) is 19.9 Å². The fourth-order valence-electron chi connectivity index (χ4n) is 2.25. The summed E-state index contributed by atoms with van der Waals surface area (Å²) in [6, 6.07) is 2.02. The van der Waals surface area contributed by atoms with E-state index < -0.39 is 0 Å². The van der Waals surface area contributed by atoms with Crippen molar-refractivity contribution in [3.05, 3.63) is 18.0 Å². The first-order chi connectivity index (χ1) is 9.56. The van der Waals surface area contributed by atoms with E-state index >= 15 is 0 Å². The summed E-state index contributed by atoms with van der Waals surface area (Å²) >= 11 is 0. The topological polar surface area (TPSA) is 59.4 Å². The van der Waals surface area contributed by atoms with Gasteiger partial charge in [0.15, 0.2) is 0 Å². The van der Waals surface area contributed by atoms with Crippen molar-refractivity contribution in [3.8, 4) is 0 Å². The van der Waals surface area contributed by atoms with Crippen LogP contribution in [-0.4, -0.2) is 60.5 Å². The number of hydrogen-bond acceptors (Lipinski definition) is 4. The molecule has 1 saturated heterocycles. The molecular formula is C14H24N4O2. The Kier molecular flexibility index (Phi) is 5.14. The summed E-state index contributed by atoms with van der Waals surface area (Å²) in [5, 5.41) is 7.22. The van der Waals surface area contributed by atoms with Crippen LogP contribution in [0.3, 0.4) is 0 Å². The summed E-state index contributed by atoms with van der Waals surface area (Å²) in [5.74, 6) is 0.218. The van der Waals surface area contributed by atoms with E-state index in [0.717, 1.165) is 19.7 Å². The SMILES string of the molecule is CC(C)n1ccc(C(=O)NCC2COCCN(C)C2)n1. The molecule has 1 atom stereocenters. The fourth-order valence-corrected chi connectivity index (χ4v) is 2.25. The molecule has 0 radical (unpaired) electrons. The third-order valence-electron chi connectivity index (χ3n) is 3.46. The normalized spacial score (nSPS) is 20.9. The summed E-state index contributed by atoms with van der Waals surface area (Å²) in [6.07, 6.45) is 1.84. The van der Waals surface area contributed by atoms with E-state index in [2.05, 4.69) is 22.4 Å². The Morgan fingerprint density at radius 1 is 1.60 bits per heavy atom. The quantitative estimate of drug-likeness (QED) is 0.885. The Hall–Kier alpha value is -1.40. The molecule has 1 N–H and O–H groups in total. The average Bonchev–Trinajstić information content (AvgIpc) is 2.81. The number of carbonyl (C=O) groups is 1. The number of hydrogen-bond donors (Lipinski definition) is 1. The van der Waals surface area contributed by atoms with Crippen LogP contribution in [-0.2, 0) is 4.74 Å². The van der Waals surface area contributed by atoms with Crippen molar-refractivity contribution in [2.24, 2.45) is 5.92 Å². The van der Waals surface area contributed by atoms with Crippen molar-refractivity contribution >= 4 is 5.91 Å². The van der Waals surface area contributed by atoms with Gasteiger partial charge in [0.1, 0.15) is 5.69 Å². The van der Waals surface area contributed by atoms with Crippen LogP contribution in [0.1, 0.15) is 30.4 Å². The number of aromatic nitrogens is 2. The molecule has 0 bridgehead atoms. The van der Waals surface area contributed by atoms with E-state index in [1.165, 1.54) is 0 Å². The zero-order valence-electron chi connectivity index (χ0n) is 12.5. The van der Waals surface area contributed by atoms with Crippen molar-refractivity contribution in [1.82, 2.24) is 20.0 Å². The van der Waals surface area contributed by atoms with E-state index in [0.29, 0.717) is 24.8 Å². The largest absolute Gasteiger partial charge is 0.380 e. The summed E-state index contributed by atoms with van der Waals surface area (Å²) in [6.45, 7) is 8.05. The first-order valence-electron chi connectivity index (χ1n) is 7.16. The van der Waals surface area contributed by atoms with E-state index in [9.17, 15) is 4.79 Å². The van der Waals surface area contributed by atoms with Crippen molar-refractivity contribution in [3.63, 3.8) is 0 Å². The van der Waals surface area contributed by atoms with Crippen molar-refractivity contribution < 1.29 is 9.53 Å². The predicted molar refractivity (Wildman–Crippen MR) is 76.8 cm³/mol. The van der Waals surface area contributed by atoms with Gasteiger partial charge < -0.3 is 15.0 Å². The lowest BCUT2D eigenvalue weighted by Crippen LogP contribution is -2.36. The number of rotatable bonds is 4. The lowest BCUT2D eigenvalue weighted by atomic mass is 10.1. The highest BCUT2D eigenvalue weighted by molar-refractivity contribution is 5.92. The lowest BCUT2D eigenvalue weighted by Gasteiger charge is -2.18. The number of nitrogens with one attached hydrogen (secondary N) is 1. The highest BCUT2D eigenvalue weighted by Crippen LogP contribution is 2.06. The number of carbonyl (C=O) groups excluding carboxylic acids is 1. The van der Waals surface area contributed by atoms with Crippen LogP contribution in [0.25, 0.3) is 0 Å². The Balaban J connectivity index is 1.84. The summed E-state index contributed by atoms with van der Waals surface area (Å²) < 4.78 is 7.33. The molecule has 6 heteroatoms. The molecule has 112 valence electrons. The van der Waals surface area contributed by atoms with Gasteiger partial charge >= 0.3 is 0 Å². The lowest BCUT2D eigenvalue weighted by molar-refractivity contribution is 0.0915. The monoisotopic (exact) mass is 280 g/mol. The summed E-state index contributed by atoms with van der Waals surface area (Å²) in [7, 11) is 2.08. The second-order valence-electron chi connectivity index (χ2n) is 5.69. The molecule has 1 amide bonds.